The van der Waals surface area contributed by atoms with Crippen molar-refractivity contribution in [2.24, 2.45) is 0 Å². The third-order valence-electron chi connectivity index (χ3n) is 3.90. The summed E-state index contributed by atoms with van der Waals surface area (Å²) < 4.78 is 5.42. The first-order valence-electron chi connectivity index (χ1n) is 7.60. The molecule has 0 aliphatic carbocycles. The molecular formula is C16H22N4O. The van der Waals surface area contributed by atoms with E-state index in [-0.39, 0.29) is 0 Å². The molecule has 5 nitrogen and oxygen atoms in total. The molecular weight excluding hydrogens is 264 g/mol. The number of rotatable bonds is 6. The minimum Gasteiger partial charge on any atom is -0.338 e. The summed E-state index contributed by atoms with van der Waals surface area (Å²) in [7, 11) is 0. The van der Waals surface area contributed by atoms with Gasteiger partial charge in [0.25, 0.3) is 0 Å². The van der Waals surface area contributed by atoms with Crippen molar-refractivity contribution >= 4 is 0 Å². The third-order valence-corrected chi connectivity index (χ3v) is 3.90. The number of nitrogens with zero attached hydrogens (tertiary/aromatic N) is 3. The molecule has 2 heterocycles. The van der Waals surface area contributed by atoms with Gasteiger partial charge >= 0.3 is 0 Å². The zero-order chi connectivity index (χ0) is 14.7. The van der Waals surface area contributed by atoms with Gasteiger partial charge in [-0.3, -0.25) is 4.90 Å². The normalized spacial score (nSPS) is 15.4. The van der Waals surface area contributed by atoms with Crippen LogP contribution in [0.5, 0.6) is 0 Å². The van der Waals surface area contributed by atoms with Gasteiger partial charge in [0.1, 0.15) is 0 Å². The summed E-state index contributed by atoms with van der Waals surface area (Å²) in [6.07, 6.45) is 1.13. The van der Waals surface area contributed by atoms with Crippen LogP contribution in [0.15, 0.2) is 28.8 Å². The molecule has 2 aromatic rings. The van der Waals surface area contributed by atoms with Gasteiger partial charge in [0, 0.05) is 24.7 Å². The topological polar surface area (TPSA) is 54.2 Å². The molecule has 1 aliphatic rings. The van der Waals surface area contributed by atoms with Crippen molar-refractivity contribution in [1.29, 1.82) is 0 Å². The second kappa shape index (κ2) is 6.37. The van der Waals surface area contributed by atoms with E-state index in [0.717, 1.165) is 38.2 Å². The number of nitrogens with one attached hydrogen (secondary N) is 1. The quantitative estimate of drug-likeness (QED) is 0.882. The van der Waals surface area contributed by atoms with Crippen LogP contribution in [-0.4, -0.2) is 40.7 Å². The van der Waals surface area contributed by atoms with E-state index in [9.17, 15) is 0 Å². The van der Waals surface area contributed by atoms with Crippen molar-refractivity contribution in [2.75, 3.05) is 19.6 Å². The fourth-order valence-corrected chi connectivity index (χ4v) is 2.52. The van der Waals surface area contributed by atoms with E-state index >= 15 is 0 Å². The lowest BCUT2D eigenvalue weighted by Gasteiger charge is -2.37. The van der Waals surface area contributed by atoms with Gasteiger partial charge in [0.05, 0.1) is 6.54 Å². The van der Waals surface area contributed by atoms with Crippen molar-refractivity contribution in [3.63, 3.8) is 0 Å². The lowest BCUT2D eigenvalue weighted by atomic mass is 10.1. The van der Waals surface area contributed by atoms with Crippen LogP contribution in [-0.2, 0) is 6.54 Å². The molecule has 1 aromatic carbocycles. The zero-order valence-corrected chi connectivity index (χ0v) is 12.7. The number of aromatic nitrogens is 2. The Balaban J connectivity index is 1.70. The fraction of sp³-hybridized carbons (Fsp3) is 0.500. The van der Waals surface area contributed by atoms with E-state index in [1.165, 1.54) is 5.56 Å². The Hall–Kier alpha value is -1.72. The van der Waals surface area contributed by atoms with Gasteiger partial charge in [-0.2, -0.15) is 4.98 Å². The molecule has 112 valence electrons. The maximum Gasteiger partial charge on any atom is 0.241 e. The molecule has 0 atom stereocenters. The lowest BCUT2D eigenvalue weighted by molar-refractivity contribution is 0.122. The van der Waals surface area contributed by atoms with E-state index in [1.807, 2.05) is 12.1 Å². The number of benzene rings is 1. The average Bonchev–Trinajstić information content (AvgIpc) is 2.86. The molecule has 0 saturated carbocycles. The van der Waals surface area contributed by atoms with Crippen LogP contribution in [0.1, 0.15) is 24.8 Å². The molecule has 1 aliphatic heterocycles. The van der Waals surface area contributed by atoms with Gasteiger partial charge in [0.15, 0.2) is 0 Å². The molecule has 3 rings (SSSR count). The molecule has 1 fully saturated rings. The van der Waals surface area contributed by atoms with Crippen molar-refractivity contribution in [2.45, 2.75) is 32.9 Å². The second-order valence-electron chi connectivity index (χ2n) is 5.66. The maximum absolute atomic E-state index is 5.42. The molecule has 1 aromatic heterocycles. The summed E-state index contributed by atoms with van der Waals surface area (Å²) in [5.74, 6) is 1.37. The molecule has 1 N–H and O–H groups in total. The van der Waals surface area contributed by atoms with Crippen molar-refractivity contribution < 1.29 is 4.52 Å². The first-order chi connectivity index (χ1) is 10.3. The Labute approximate surface area is 125 Å². The molecule has 21 heavy (non-hydrogen) atoms. The van der Waals surface area contributed by atoms with E-state index in [0.29, 0.717) is 17.8 Å². The van der Waals surface area contributed by atoms with E-state index in [1.54, 1.807) is 0 Å². The molecule has 5 heteroatoms. The zero-order valence-electron chi connectivity index (χ0n) is 12.7. The van der Waals surface area contributed by atoms with Gasteiger partial charge < -0.3 is 9.84 Å². The van der Waals surface area contributed by atoms with E-state index in [2.05, 4.69) is 46.3 Å². The highest BCUT2D eigenvalue weighted by Gasteiger charge is 2.25. The smallest absolute Gasteiger partial charge is 0.241 e. The van der Waals surface area contributed by atoms with Gasteiger partial charge in [-0.25, -0.2) is 0 Å². The molecule has 0 unspecified atom stereocenters. The number of hydrogen-bond acceptors (Lipinski definition) is 5. The highest BCUT2D eigenvalue weighted by atomic mass is 16.5. The Morgan fingerprint density at radius 1 is 1.29 bits per heavy atom. The minimum absolute atomic E-state index is 0.597. The SMILES string of the molecule is CCCN(Cc1nc(-c2ccc(C)cc2)no1)C1CNC1. The van der Waals surface area contributed by atoms with Crippen LogP contribution in [0.4, 0.5) is 0 Å². The van der Waals surface area contributed by atoms with Gasteiger partial charge in [-0.05, 0) is 19.9 Å². The van der Waals surface area contributed by atoms with Crippen LogP contribution in [0, 0.1) is 6.92 Å². The molecule has 0 amide bonds. The summed E-state index contributed by atoms with van der Waals surface area (Å²) >= 11 is 0. The van der Waals surface area contributed by atoms with Crippen molar-refractivity contribution in [3.8, 4) is 11.4 Å². The molecule has 0 spiro atoms. The number of hydrogen-bond donors (Lipinski definition) is 1. The summed E-state index contributed by atoms with van der Waals surface area (Å²) in [6.45, 7) is 8.18. The van der Waals surface area contributed by atoms with Crippen LogP contribution in [0.3, 0.4) is 0 Å². The third kappa shape index (κ3) is 3.31. The molecule has 1 saturated heterocycles. The van der Waals surface area contributed by atoms with Crippen LogP contribution in [0.2, 0.25) is 0 Å². The Bertz CT molecular complexity index is 574. The monoisotopic (exact) mass is 286 g/mol. The summed E-state index contributed by atoms with van der Waals surface area (Å²) in [5, 5.41) is 7.42. The Kier molecular flexibility index (Phi) is 4.31. The number of aryl methyl sites for hydroxylation is 1. The maximum atomic E-state index is 5.42. The van der Waals surface area contributed by atoms with Crippen LogP contribution < -0.4 is 5.32 Å². The second-order valence-corrected chi connectivity index (χ2v) is 5.66. The highest BCUT2D eigenvalue weighted by Crippen LogP contribution is 2.18. The van der Waals surface area contributed by atoms with Crippen LogP contribution in [0.25, 0.3) is 11.4 Å². The highest BCUT2D eigenvalue weighted by molar-refractivity contribution is 5.54. The van der Waals surface area contributed by atoms with Crippen LogP contribution >= 0.6 is 0 Å². The first kappa shape index (κ1) is 14.2. The largest absolute Gasteiger partial charge is 0.338 e. The van der Waals surface area contributed by atoms with Crippen molar-refractivity contribution in [1.82, 2.24) is 20.4 Å². The van der Waals surface area contributed by atoms with Crippen molar-refractivity contribution in [3.05, 3.63) is 35.7 Å². The predicted molar refractivity (Wildman–Crippen MR) is 81.8 cm³/mol. The summed E-state index contributed by atoms with van der Waals surface area (Å²) in [4.78, 5) is 6.95. The summed E-state index contributed by atoms with van der Waals surface area (Å²) in [6, 6.07) is 8.79. The minimum atomic E-state index is 0.597. The fourth-order valence-electron chi connectivity index (χ4n) is 2.52. The first-order valence-corrected chi connectivity index (χ1v) is 7.60. The molecule has 0 bridgehead atoms. The van der Waals surface area contributed by atoms with E-state index in [4.69, 9.17) is 4.52 Å². The standard InChI is InChI=1S/C16H22N4O/c1-3-8-20(14-9-17-10-14)11-15-18-16(19-21-15)13-6-4-12(2)5-7-13/h4-7,14,17H,3,8-11H2,1-2H3. The van der Waals surface area contributed by atoms with Gasteiger partial charge in [-0.1, -0.05) is 41.9 Å². The predicted octanol–water partition coefficient (Wildman–Crippen LogP) is 2.23. The van der Waals surface area contributed by atoms with E-state index < -0.39 is 0 Å². The summed E-state index contributed by atoms with van der Waals surface area (Å²) in [5.41, 5.74) is 2.23. The molecule has 0 radical (unpaired) electrons. The Morgan fingerprint density at radius 3 is 2.67 bits per heavy atom. The lowest BCUT2D eigenvalue weighted by Crippen LogP contribution is -2.57. The van der Waals surface area contributed by atoms with Gasteiger partial charge in [0.2, 0.25) is 11.7 Å². The average molecular weight is 286 g/mol. The Morgan fingerprint density at radius 2 is 2.05 bits per heavy atom. The van der Waals surface area contributed by atoms with Gasteiger partial charge in [-0.15, -0.1) is 0 Å².